The summed E-state index contributed by atoms with van der Waals surface area (Å²) in [5, 5.41) is 2.40. The van der Waals surface area contributed by atoms with E-state index in [1.165, 1.54) is 24.3 Å². The molecule has 0 bridgehead atoms. The van der Waals surface area contributed by atoms with Crippen LogP contribution in [0.25, 0.3) is 0 Å². The third-order valence-electron chi connectivity index (χ3n) is 3.52. The second-order valence-corrected chi connectivity index (χ2v) is 5.57. The van der Waals surface area contributed by atoms with Crippen LogP contribution in [0.3, 0.4) is 0 Å². The van der Waals surface area contributed by atoms with E-state index in [1.807, 2.05) is 0 Å². The summed E-state index contributed by atoms with van der Waals surface area (Å²) in [6.07, 6.45) is -1.84. The smallest absolute Gasteiger partial charge is 0.424 e. The fraction of sp³-hybridized carbons (Fsp3) is 0.357. The van der Waals surface area contributed by atoms with Crippen molar-refractivity contribution in [2.75, 3.05) is 5.32 Å². The SMILES string of the molecule is O=C1Nc2ccc(Cl)cc2[C@@](/C=C/C2CC2)(C(F)(F)F)O1. The Morgan fingerprint density at radius 2 is 2.10 bits per heavy atom. The fourth-order valence-corrected chi connectivity index (χ4v) is 2.43. The average molecular weight is 318 g/mol. The van der Waals surface area contributed by atoms with E-state index in [0.29, 0.717) is 0 Å². The van der Waals surface area contributed by atoms with Crippen molar-refractivity contribution in [1.29, 1.82) is 0 Å². The number of rotatable bonds is 2. The Labute approximate surface area is 123 Å². The Bertz CT molecular complexity index is 625. The van der Waals surface area contributed by atoms with Gasteiger partial charge in [0, 0.05) is 10.6 Å². The Hall–Kier alpha value is -1.69. The van der Waals surface area contributed by atoms with Crippen molar-refractivity contribution < 1.29 is 22.7 Å². The molecule has 1 aliphatic heterocycles. The van der Waals surface area contributed by atoms with Gasteiger partial charge in [0.1, 0.15) is 0 Å². The van der Waals surface area contributed by atoms with Crippen LogP contribution in [0.2, 0.25) is 5.02 Å². The quantitative estimate of drug-likeness (QED) is 0.808. The van der Waals surface area contributed by atoms with Gasteiger partial charge in [0.2, 0.25) is 0 Å². The number of hydrogen-bond donors (Lipinski definition) is 1. The van der Waals surface area contributed by atoms with Crippen LogP contribution in [0.4, 0.5) is 23.7 Å². The summed E-state index contributed by atoms with van der Waals surface area (Å²) in [6, 6.07) is 3.92. The number of carbonyl (C=O) groups excluding carboxylic acids is 1. The number of anilines is 1. The third kappa shape index (κ3) is 2.48. The number of alkyl halides is 3. The van der Waals surface area contributed by atoms with Crippen LogP contribution in [0.5, 0.6) is 0 Å². The van der Waals surface area contributed by atoms with Gasteiger partial charge >= 0.3 is 12.3 Å². The molecular formula is C14H11ClF3NO2. The van der Waals surface area contributed by atoms with Gasteiger partial charge in [0.15, 0.2) is 0 Å². The zero-order chi connectivity index (χ0) is 15.3. The average Bonchev–Trinajstić information content (AvgIpc) is 3.19. The van der Waals surface area contributed by atoms with E-state index >= 15 is 0 Å². The van der Waals surface area contributed by atoms with Gasteiger partial charge in [0.05, 0.1) is 5.69 Å². The predicted octanol–water partition coefficient (Wildman–Crippen LogP) is 4.63. The first-order valence-corrected chi connectivity index (χ1v) is 6.76. The standard InChI is InChI=1S/C14H11ClF3NO2/c15-9-3-4-11-10(7-9)13(14(16,17)18,21-12(20)19-11)6-5-8-1-2-8/h3-8H,1-2H2,(H,19,20)/b6-5+/t13-/m0/s1. The maximum absolute atomic E-state index is 13.7. The van der Waals surface area contributed by atoms with Gasteiger partial charge in [-0.05, 0) is 43.0 Å². The number of hydrogen-bond acceptors (Lipinski definition) is 2. The monoisotopic (exact) mass is 317 g/mol. The molecule has 7 heteroatoms. The van der Waals surface area contributed by atoms with E-state index in [2.05, 4.69) is 10.1 Å². The van der Waals surface area contributed by atoms with Crippen LogP contribution in [0, 0.1) is 5.92 Å². The van der Waals surface area contributed by atoms with Crippen molar-refractivity contribution in [3.8, 4) is 0 Å². The van der Waals surface area contributed by atoms with E-state index in [9.17, 15) is 18.0 Å². The van der Waals surface area contributed by atoms with Gasteiger partial charge in [-0.1, -0.05) is 17.7 Å². The molecule has 21 heavy (non-hydrogen) atoms. The lowest BCUT2D eigenvalue weighted by molar-refractivity contribution is -0.243. The summed E-state index contributed by atoms with van der Waals surface area (Å²) >= 11 is 5.81. The Morgan fingerprint density at radius 1 is 1.38 bits per heavy atom. The zero-order valence-electron chi connectivity index (χ0n) is 10.7. The first-order chi connectivity index (χ1) is 9.82. The topological polar surface area (TPSA) is 38.3 Å². The summed E-state index contributed by atoms with van der Waals surface area (Å²) < 4.78 is 45.6. The number of halogens is 4. The second-order valence-electron chi connectivity index (χ2n) is 5.13. The third-order valence-corrected chi connectivity index (χ3v) is 3.75. The van der Waals surface area contributed by atoms with Crippen molar-refractivity contribution in [3.05, 3.63) is 40.9 Å². The number of allylic oxidation sites excluding steroid dienone is 1. The molecule has 0 unspecified atom stereocenters. The highest BCUT2D eigenvalue weighted by molar-refractivity contribution is 6.30. The number of benzene rings is 1. The van der Waals surface area contributed by atoms with Crippen molar-refractivity contribution in [3.63, 3.8) is 0 Å². The van der Waals surface area contributed by atoms with Gasteiger partial charge in [-0.3, -0.25) is 5.32 Å². The minimum absolute atomic E-state index is 0.0495. The summed E-state index contributed by atoms with van der Waals surface area (Å²) in [5.74, 6) is 0.112. The molecule has 112 valence electrons. The molecule has 0 radical (unpaired) electrons. The normalized spacial score (nSPS) is 25.4. The molecule has 2 aliphatic rings. The Balaban J connectivity index is 2.18. The van der Waals surface area contributed by atoms with Crippen LogP contribution < -0.4 is 5.32 Å². The number of carbonyl (C=O) groups is 1. The first kappa shape index (κ1) is 14.3. The van der Waals surface area contributed by atoms with E-state index in [4.69, 9.17) is 11.6 Å². The maximum Gasteiger partial charge on any atom is 0.436 e. The zero-order valence-corrected chi connectivity index (χ0v) is 11.5. The molecular weight excluding hydrogens is 307 g/mol. The second kappa shape index (κ2) is 4.66. The van der Waals surface area contributed by atoms with Gasteiger partial charge < -0.3 is 4.74 Å². The van der Waals surface area contributed by atoms with Crippen LogP contribution in [0.15, 0.2) is 30.4 Å². The lowest BCUT2D eigenvalue weighted by atomic mass is 9.89. The van der Waals surface area contributed by atoms with Crippen molar-refractivity contribution in [2.45, 2.75) is 24.6 Å². The van der Waals surface area contributed by atoms with Gasteiger partial charge in [-0.25, -0.2) is 4.79 Å². The van der Waals surface area contributed by atoms with Crippen LogP contribution in [0.1, 0.15) is 18.4 Å². The molecule has 1 aliphatic carbocycles. The fourth-order valence-electron chi connectivity index (χ4n) is 2.26. The largest absolute Gasteiger partial charge is 0.436 e. The molecule has 1 heterocycles. The van der Waals surface area contributed by atoms with E-state index in [1.54, 1.807) is 0 Å². The molecule has 1 aromatic carbocycles. The van der Waals surface area contributed by atoms with Crippen molar-refractivity contribution in [2.24, 2.45) is 5.92 Å². The number of amides is 1. The minimum atomic E-state index is -4.78. The van der Waals surface area contributed by atoms with Crippen molar-refractivity contribution >= 4 is 23.4 Å². The molecule has 0 spiro atoms. The molecule has 1 amide bonds. The van der Waals surface area contributed by atoms with Crippen molar-refractivity contribution in [1.82, 2.24) is 0 Å². The number of cyclic esters (lactones) is 1. The van der Waals surface area contributed by atoms with Gasteiger partial charge in [-0.2, -0.15) is 13.2 Å². The Morgan fingerprint density at radius 3 is 2.71 bits per heavy atom. The number of nitrogens with one attached hydrogen (secondary N) is 1. The maximum atomic E-state index is 13.7. The summed E-state index contributed by atoms with van der Waals surface area (Å²) in [4.78, 5) is 11.5. The summed E-state index contributed by atoms with van der Waals surface area (Å²) in [6.45, 7) is 0. The van der Waals surface area contributed by atoms with Crippen LogP contribution in [-0.4, -0.2) is 12.3 Å². The van der Waals surface area contributed by atoms with Gasteiger partial charge in [0.25, 0.3) is 5.60 Å². The summed E-state index contributed by atoms with van der Waals surface area (Å²) in [7, 11) is 0. The number of fused-ring (bicyclic) bond motifs is 1. The van der Waals surface area contributed by atoms with Gasteiger partial charge in [-0.15, -0.1) is 0 Å². The molecule has 3 nitrogen and oxygen atoms in total. The molecule has 1 atom stereocenters. The molecule has 0 aromatic heterocycles. The van der Waals surface area contributed by atoms with E-state index in [-0.39, 0.29) is 22.2 Å². The molecule has 3 rings (SSSR count). The van der Waals surface area contributed by atoms with E-state index < -0.39 is 17.9 Å². The Kier molecular flexibility index (Phi) is 3.16. The minimum Gasteiger partial charge on any atom is -0.424 e. The van der Waals surface area contributed by atoms with E-state index in [0.717, 1.165) is 18.9 Å². The lowest BCUT2D eigenvalue weighted by Crippen LogP contribution is -2.49. The predicted molar refractivity (Wildman–Crippen MR) is 71.2 cm³/mol. The highest BCUT2D eigenvalue weighted by atomic mass is 35.5. The summed E-state index contributed by atoms with van der Waals surface area (Å²) in [5.41, 5.74) is -2.95. The molecule has 1 saturated carbocycles. The van der Waals surface area contributed by atoms with Crippen LogP contribution in [-0.2, 0) is 10.3 Å². The highest BCUT2D eigenvalue weighted by Gasteiger charge is 2.60. The highest BCUT2D eigenvalue weighted by Crippen LogP contribution is 2.49. The van der Waals surface area contributed by atoms with Crippen LogP contribution >= 0.6 is 11.6 Å². The molecule has 1 fully saturated rings. The molecule has 0 saturated heterocycles. The first-order valence-electron chi connectivity index (χ1n) is 6.38. The molecule has 1 N–H and O–H groups in total. The number of ether oxygens (including phenoxy) is 1. The lowest BCUT2D eigenvalue weighted by Gasteiger charge is -2.37. The molecule has 1 aromatic rings.